The Morgan fingerprint density at radius 1 is 1.13 bits per heavy atom. The van der Waals surface area contributed by atoms with Crippen LogP contribution in [0.4, 0.5) is 0 Å². The lowest BCUT2D eigenvalue weighted by Crippen LogP contribution is -3.00. The van der Waals surface area contributed by atoms with Gasteiger partial charge in [0.1, 0.15) is 31.5 Å². The van der Waals surface area contributed by atoms with Crippen LogP contribution in [0, 0.1) is 0 Å². The number of quaternary nitrogens is 1. The summed E-state index contributed by atoms with van der Waals surface area (Å²) >= 11 is 5.98. The van der Waals surface area contributed by atoms with Gasteiger partial charge in [-0.2, -0.15) is 0 Å². The van der Waals surface area contributed by atoms with Crippen LogP contribution >= 0.6 is 11.6 Å². The van der Waals surface area contributed by atoms with E-state index in [2.05, 4.69) is 19.2 Å². The highest BCUT2D eigenvalue weighted by Crippen LogP contribution is 2.26. The SMILES string of the molecule is C[N@@+]1(Cc2ccccc2)CC(O)[C@H](Oc2cccc(Cl)c2)C1.[I-]. The van der Waals surface area contributed by atoms with Crippen molar-refractivity contribution >= 4 is 11.6 Å². The van der Waals surface area contributed by atoms with Gasteiger partial charge in [0.2, 0.25) is 0 Å². The van der Waals surface area contributed by atoms with Crippen molar-refractivity contribution in [3.8, 4) is 5.75 Å². The van der Waals surface area contributed by atoms with E-state index in [0.29, 0.717) is 17.3 Å². The van der Waals surface area contributed by atoms with Gasteiger partial charge in [-0.3, -0.25) is 0 Å². The summed E-state index contributed by atoms with van der Waals surface area (Å²) in [5.74, 6) is 0.713. The zero-order valence-corrected chi connectivity index (χ0v) is 15.9. The van der Waals surface area contributed by atoms with Gasteiger partial charge in [-0.15, -0.1) is 0 Å². The van der Waals surface area contributed by atoms with Crippen LogP contribution in [0.15, 0.2) is 54.6 Å². The molecule has 1 fully saturated rings. The number of likely N-dealkylation sites (N-methyl/N-ethyl adjacent to an activating group) is 1. The summed E-state index contributed by atoms with van der Waals surface area (Å²) in [6.45, 7) is 2.37. The van der Waals surface area contributed by atoms with E-state index >= 15 is 0 Å². The van der Waals surface area contributed by atoms with Gasteiger partial charge >= 0.3 is 0 Å². The van der Waals surface area contributed by atoms with Crippen molar-refractivity contribution in [1.29, 1.82) is 0 Å². The van der Waals surface area contributed by atoms with Crippen molar-refractivity contribution in [3.05, 3.63) is 65.2 Å². The molecule has 1 N–H and O–H groups in total. The number of ether oxygens (including phenoxy) is 1. The zero-order chi connectivity index (χ0) is 15.6. The third-order valence-electron chi connectivity index (χ3n) is 4.17. The Balaban J connectivity index is 0.00000192. The van der Waals surface area contributed by atoms with Crippen LogP contribution in [0.3, 0.4) is 0 Å². The first-order valence-corrected chi connectivity index (χ1v) is 7.90. The van der Waals surface area contributed by atoms with E-state index in [0.717, 1.165) is 17.6 Å². The third-order valence-corrected chi connectivity index (χ3v) is 4.40. The standard InChI is InChI=1S/C18H21ClNO2.HI/c1-20(11-14-6-3-2-4-7-14)12-17(21)18(13-20)22-16-9-5-8-15(19)10-16;/h2-10,17-18,21H,11-13H2,1H3;1H/q+1;/p-1/t17?,18-,20-;/m1./s1. The Morgan fingerprint density at radius 3 is 2.57 bits per heavy atom. The first-order valence-electron chi connectivity index (χ1n) is 7.52. The minimum atomic E-state index is -0.465. The molecule has 1 unspecified atom stereocenters. The van der Waals surface area contributed by atoms with E-state index in [4.69, 9.17) is 16.3 Å². The number of rotatable bonds is 4. The fourth-order valence-electron chi connectivity index (χ4n) is 3.18. The van der Waals surface area contributed by atoms with Crippen LogP contribution in [0.25, 0.3) is 0 Å². The topological polar surface area (TPSA) is 29.5 Å². The maximum Gasteiger partial charge on any atom is 0.178 e. The predicted octanol–water partition coefficient (Wildman–Crippen LogP) is 0.113. The first kappa shape index (κ1) is 18.5. The second-order valence-electron chi connectivity index (χ2n) is 6.31. The number of aliphatic hydroxyl groups is 1. The van der Waals surface area contributed by atoms with E-state index in [1.807, 2.05) is 36.4 Å². The molecule has 0 radical (unpaired) electrons. The quantitative estimate of drug-likeness (QED) is 0.535. The molecule has 23 heavy (non-hydrogen) atoms. The summed E-state index contributed by atoms with van der Waals surface area (Å²) in [7, 11) is 2.16. The molecule has 0 saturated carbocycles. The van der Waals surface area contributed by atoms with Crippen LogP contribution in [-0.2, 0) is 6.54 Å². The van der Waals surface area contributed by atoms with E-state index in [1.54, 1.807) is 6.07 Å². The average molecular weight is 446 g/mol. The van der Waals surface area contributed by atoms with Crippen molar-refractivity contribution in [3.63, 3.8) is 0 Å². The summed E-state index contributed by atoms with van der Waals surface area (Å²) in [6.07, 6.45) is -0.667. The molecule has 3 nitrogen and oxygen atoms in total. The molecule has 0 aliphatic carbocycles. The monoisotopic (exact) mass is 445 g/mol. The molecule has 1 saturated heterocycles. The molecule has 2 aromatic carbocycles. The molecule has 1 aliphatic rings. The fraction of sp³-hybridized carbons (Fsp3) is 0.333. The largest absolute Gasteiger partial charge is 1.00 e. The summed E-state index contributed by atoms with van der Waals surface area (Å²) < 4.78 is 6.73. The van der Waals surface area contributed by atoms with Gasteiger partial charge in [0.15, 0.2) is 6.10 Å². The highest BCUT2D eigenvalue weighted by Gasteiger charge is 2.43. The molecule has 1 aliphatic heterocycles. The summed E-state index contributed by atoms with van der Waals surface area (Å²) in [5.41, 5.74) is 1.28. The van der Waals surface area contributed by atoms with Gasteiger partial charge in [0.25, 0.3) is 0 Å². The molecule has 3 rings (SSSR count). The maximum atomic E-state index is 10.4. The second kappa shape index (κ2) is 7.83. The lowest BCUT2D eigenvalue weighted by Gasteiger charge is -2.29. The zero-order valence-electron chi connectivity index (χ0n) is 13.0. The average Bonchev–Trinajstić information content (AvgIpc) is 2.74. The van der Waals surface area contributed by atoms with Crippen LogP contribution in [0.2, 0.25) is 5.02 Å². The molecule has 5 heteroatoms. The van der Waals surface area contributed by atoms with Crippen LogP contribution in [0.1, 0.15) is 5.56 Å². The number of nitrogens with zero attached hydrogens (tertiary/aromatic N) is 1. The van der Waals surface area contributed by atoms with Crippen molar-refractivity contribution in [2.45, 2.75) is 18.8 Å². The van der Waals surface area contributed by atoms with E-state index in [9.17, 15) is 5.11 Å². The van der Waals surface area contributed by atoms with Crippen molar-refractivity contribution in [2.75, 3.05) is 20.1 Å². The number of likely N-dealkylation sites (tertiary alicyclic amines) is 1. The van der Waals surface area contributed by atoms with E-state index in [-0.39, 0.29) is 30.1 Å². The van der Waals surface area contributed by atoms with Crippen molar-refractivity contribution in [2.24, 2.45) is 0 Å². The summed E-state index contributed by atoms with van der Waals surface area (Å²) in [5, 5.41) is 11.0. The Hall–Kier alpha value is -0.820. The Labute approximate surface area is 159 Å². The van der Waals surface area contributed by atoms with E-state index < -0.39 is 6.10 Å². The summed E-state index contributed by atoms with van der Waals surface area (Å²) in [6, 6.07) is 17.7. The molecular formula is C18H21ClINO2. The molecule has 3 atom stereocenters. The summed E-state index contributed by atoms with van der Waals surface area (Å²) in [4.78, 5) is 0. The molecule has 0 spiro atoms. The van der Waals surface area contributed by atoms with Gasteiger partial charge in [-0.1, -0.05) is 48.0 Å². The molecule has 0 amide bonds. The fourth-order valence-corrected chi connectivity index (χ4v) is 3.36. The highest BCUT2D eigenvalue weighted by atomic mass is 127. The molecule has 2 aromatic rings. The number of hydrogen-bond acceptors (Lipinski definition) is 2. The third kappa shape index (κ3) is 4.83. The molecule has 0 bridgehead atoms. The van der Waals surface area contributed by atoms with Crippen LogP contribution in [0.5, 0.6) is 5.75 Å². The smallest absolute Gasteiger partial charge is 0.178 e. The molecule has 0 aromatic heterocycles. The lowest BCUT2D eigenvalue weighted by molar-refractivity contribution is -0.913. The van der Waals surface area contributed by atoms with Gasteiger partial charge in [0.05, 0.1) is 7.05 Å². The van der Waals surface area contributed by atoms with Gasteiger partial charge < -0.3 is 38.3 Å². The van der Waals surface area contributed by atoms with Gasteiger partial charge in [-0.25, -0.2) is 0 Å². The maximum absolute atomic E-state index is 10.4. The minimum Gasteiger partial charge on any atom is -1.00 e. The Bertz CT molecular complexity index is 640. The highest BCUT2D eigenvalue weighted by molar-refractivity contribution is 6.30. The number of benzene rings is 2. The lowest BCUT2D eigenvalue weighted by atomic mass is 10.2. The molecule has 124 valence electrons. The van der Waals surface area contributed by atoms with E-state index in [1.165, 1.54) is 5.56 Å². The minimum absolute atomic E-state index is 0. The number of halogens is 2. The van der Waals surface area contributed by atoms with Crippen LogP contribution in [-0.4, -0.2) is 41.9 Å². The van der Waals surface area contributed by atoms with Crippen molar-refractivity contribution < 1.29 is 38.3 Å². The predicted molar refractivity (Wildman–Crippen MR) is 87.9 cm³/mol. The Morgan fingerprint density at radius 2 is 1.87 bits per heavy atom. The first-order chi connectivity index (χ1) is 10.5. The number of hydrogen-bond donors (Lipinski definition) is 1. The van der Waals surface area contributed by atoms with Gasteiger partial charge in [0, 0.05) is 10.6 Å². The number of aliphatic hydroxyl groups excluding tert-OH is 1. The second-order valence-corrected chi connectivity index (χ2v) is 6.75. The van der Waals surface area contributed by atoms with Crippen molar-refractivity contribution in [1.82, 2.24) is 0 Å². The normalized spacial score (nSPS) is 26.6. The Kier molecular flexibility index (Phi) is 6.31. The molecule has 1 heterocycles. The van der Waals surface area contributed by atoms with Crippen LogP contribution < -0.4 is 28.7 Å². The molecular weight excluding hydrogens is 425 g/mol. The van der Waals surface area contributed by atoms with Gasteiger partial charge in [-0.05, 0) is 18.2 Å².